The van der Waals surface area contributed by atoms with Gasteiger partial charge in [-0.3, -0.25) is 9.78 Å². The Labute approximate surface area is 100 Å². The van der Waals surface area contributed by atoms with Crippen molar-refractivity contribution in [1.82, 2.24) is 4.98 Å². The number of hydrogen-bond donors (Lipinski definition) is 1. The number of primary amides is 1. The molecule has 0 saturated heterocycles. The molecule has 1 aromatic heterocycles. The van der Waals surface area contributed by atoms with Gasteiger partial charge in [-0.2, -0.15) is 0 Å². The summed E-state index contributed by atoms with van der Waals surface area (Å²) >= 11 is 0. The van der Waals surface area contributed by atoms with Crippen LogP contribution in [0.5, 0.6) is 0 Å². The zero-order valence-corrected chi connectivity index (χ0v) is 9.63. The number of nitrogens with two attached hydrogens (primary N) is 1. The van der Waals surface area contributed by atoms with Crippen LogP contribution in [0.15, 0.2) is 48.7 Å². The molecule has 3 nitrogen and oxygen atoms in total. The first-order chi connectivity index (χ1) is 8.20. The van der Waals surface area contributed by atoms with E-state index in [-0.39, 0.29) is 5.92 Å². The van der Waals surface area contributed by atoms with Gasteiger partial charge in [-0.05, 0) is 17.7 Å². The van der Waals surface area contributed by atoms with Crippen LogP contribution in [0, 0.1) is 0 Å². The molecule has 1 atom stereocenters. The van der Waals surface area contributed by atoms with Gasteiger partial charge in [0, 0.05) is 12.1 Å². The Kier molecular flexibility index (Phi) is 3.19. The summed E-state index contributed by atoms with van der Waals surface area (Å²) in [6.07, 6.45) is 1.68. The molecule has 0 fully saturated rings. The molecule has 0 aliphatic carbocycles. The zero-order valence-electron chi connectivity index (χ0n) is 9.63. The Morgan fingerprint density at radius 2 is 1.88 bits per heavy atom. The number of nitrogens with zero attached hydrogens (tertiary/aromatic N) is 1. The van der Waals surface area contributed by atoms with Crippen molar-refractivity contribution >= 4 is 5.91 Å². The Morgan fingerprint density at radius 1 is 1.18 bits per heavy atom. The number of amides is 1. The van der Waals surface area contributed by atoms with Crippen molar-refractivity contribution in [3.8, 4) is 0 Å². The summed E-state index contributed by atoms with van der Waals surface area (Å²) in [5, 5.41) is 0. The SMILES string of the molecule is C[C@@H](c1ccccc1)c1ncccc1C(N)=O. The van der Waals surface area contributed by atoms with Gasteiger partial charge in [-0.25, -0.2) is 0 Å². The lowest BCUT2D eigenvalue weighted by Gasteiger charge is -2.13. The third-order valence-electron chi connectivity index (χ3n) is 2.81. The van der Waals surface area contributed by atoms with Crippen LogP contribution in [0.25, 0.3) is 0 Å². The predicted molar refractivity (Wildman–Crippen MR) is 66.7 cm³/mol. The minimum absolute atomic E-state index is 0.0555. The van der Waals surface area contributed by atoms with Crippen LogP contribution in [0.1, 0.15) is 34.5 Å². The monoisotopic (exact) mass is 226 g/mol. The van der Waals surface area contributed by atoms with Crippen molar-refractivity contribution in [3.05, 3.63) is 65.5 Å². The summed E-state index contributed by atoms with van der Waals surface area (Å²) in [5.41, 5.74) is 7.69. The summed E-state index contributed by atoms with van der Waals surface area (Å²) in [5.74, 6) is -0.379. The number of rotatable bonds is 3. The van der Waals surface area contributed by atoms with E-state index in [1.54, 1.807) is 18.3 Å². The summed E-state index contributed by atoms with van der Waals surface area (Å²) in [7, 11) is 0. The number of benzene rings is 1. The first kappa shape index (κ1) is 11.3. The van der Waals surface area contributed by atoms with Gasteiger partial charge in [0.25, 0.3) is 5.91 Å². The second kappa shape index (κ2) is 4.78. The van der Waals surface area contributed by atoms with Crippen LogP contribution in [0.2, 0.25) is 0 Å². The van der Waals surface area contributed by atoms with Gasteiger partial charge in [-0.1, -0.05) is 37.3 Å². The molecule has 0 aliphatic rings. The maximum atomic E-state index is 11.3. The molecule has 0 saturated carbocycles. The smallest absolute Gasteiger partial charge is 0.250 e. The molecule has 0 bridgehead atoms. The van der Waals surface area contributed by atoms with Gasteiger partial charge >= 0.3 is 0 Å². The van der Waals surface area contributed by atoms with E-state index in [9.17, 15) is 4.79 Å². The maximum Gasteiger partial charge on any atom is 0.250 e. The fraction of sp³-hybridized carbons (Fsp3) is 0.143. The van der Waals surface area contributed by atoms with E-state index in [2.05, 4.69) is 4.98 Å². The molecule has 0 unspecified atom stereocenters. The van der Waals surface area contributed by atoms with Crippen molar-refractivity contribution in [1.29, 1.82) is 0 Å². The van der Waals surface area contributed by atoms with Gasteiger partial charge in [-0.15, -0.1) is 0 Å². The molecule has 86 valence electrons. The summed E-state index contributed by atoms with van der Waals surface area (Å²) in [6.45, 7) is 2.02. The van der Waals surface area contributed by atoms with E-state index in [4.69, 9.17) is 5.73 Å². The Morgan fingerprint density at radius 3 is 2.53 bits per heavy atom. The normalized spacial score (nSPS) is 12.1. The van der Waals surface area contributed by atoms with E-state index >= 15 is 0 Å². The Hall–Kier alpha value is -2.16. The fourth-order valence-corrected chi connectivity index (χ4v) is 1.87. The molecule has 1 heterocycles. The van der Waals surface area contributed by atoms with Crippen molar-refractivity contribution in [3.63, 3.8) is 0 Å². The molecular formula is C14H14N2O. The first-order valence-corrected chi connectivity index (χ1v) is 5.50. The lowest BCUT2D eigenvalue weighted by atomic mass is 9.94. The highest BCUT2D eigenvalue weighted by Crippen LogP contribution is 2.24. The number of aromatic nitrogens is 1. The second-order valence-corrected chi connectivity index (χ2v) is 3.93. The molecule has 17 heavy (non-hydrogen) atoms. The van der Waals surface area contributed by atoms with Gasteiger partial charge in [0.2, 0.25) is 0 Å². The van der Waals surface area contributed by atoms with E-state index < -0.39 is 5.91 Å². The number of hydrogen-bond acceptors (Lipinski definition) is 2. The Bertz CT molecular complexity index is 523. The third kappa shape index (κ3) is 2.33. The standard InChI is InChI=1S/C14H14N2O/c1-10(11-6-3-2-4-7-11)13-12(14(15)17)8-5-9-16-13/h2-10H,1H3,(H2,15,17)/t10-/m0/s1. The Balaban J connectivity index is 2.44. The van der Waals surface area contributed by atoms with Gasteiger partial charge in [0.1, 0.15) is 0 Å². The van der Waals surface area contributed by atoms with Gasteiger partial charge < -0.3 is 5.73 Å². The number of pyridine rings is 1. The highest BCUT2D eigenvalue weighted by molar-refractivity contribution is 5.94. The average molecular weight is 226 g/mol. The molecule has 1 amide bonds. The van der Waals surface area contributed by atoms with Gasteiger partial charge in [0.05, 0.1) is 11.3 Å². The molecule has 0 radical (unpaired) electrons. The summed E-state index contributed by atoms with van der Waals surface area (Å²) < 4.78 is 0. The fourth-order valence-electron chi connectivity index (χ4n) is 1.87. The molecule has 1 aromatic carbocycles. The minimum atomic E-state index is -0.434. The van der Waals surface area contributed by atoms with Crippen LogP contribution in [0.3, 0.4) is 0 Å². The predicted octanol–water partition coefficient (Wildman–Crippen LogP) is 2.33. The van der Waals surface area contributed by atoms with Gasteiger partial charge in [0.15, 0.2) is 0 Å². The summed E-state index contributed by atoms with van der Waals surface area (Å²) in [6, 6.07) is 13.4. The largest absolute Gasteiger partial charge is 0.366 e. The highest BCUT2D eigenvalue weighted by atomic mass is 16.1. The van der Waals surface area contributed by atoms with Crippen molar-refractivity contribution < 1.29 is 4.79 Å². The molecule has 2 N–H and O–H groups in total. The summed E-state index contributed by atoms with van der Waals surface area (Å²) in [4.78, 5) is 15.6. The van der Waals surface area contributed by atoms with Crippen molar-refractivity contribution in [2.45, 2.75) is 12.8 Å². The van der Waals surface area contributed by atoms with Crippen LogP contribution in [-0.2, 0) is 0 Å². The van der Waals surface area contributed by atoms with Crippen LogP contribution in [-0.4, -0.2) is 10.9 Å². The van der Waals surface area contributed by atoms with E-state index in [1.807, 2.05) is 37.3 Å². The molecule has 2 aromatic rings. The number of carbonyl (C=O) groups excluding carboxylic acids is 1. The quantitative estimate of drug-likeness (QED) is 0.873. The van der Waals surface area contributed by atoms with Crippen LogP contribution in [0.4, 0.5) is 0 Å². The van der Waals surface area contributed by atoms with Crippen LogP contribution < -0.4 is 5.73 Å². The second-order valence-electron chi connectivity index (χ2n) is 3.93. The first-order valence-electron chi connectivity index (χ1n) is 5.50. The van der Waals surface area contributed by atoms with Crippen molar-refractivity contribution in [2.75, 3.05) is 0 Å². The van der Waals surface area contributed by atoms with E-state index in [0.29, 0.717) is 5.56 Å². The third-order valence-corrected chi connectivity index (χ3v) is 2.81. The highest BCUT2D eigenvalue weighted by Gasteiger charge is 2.16. The number of carbonyl (C=O) groups is 1. The average Bonchev–Trinajstić information content (AvgIpc) is 2.39. The molecule has 0 spiro atoms. The van der Waals surface area contributed by atoms with Crippen LogP contribution >= 0.6 is 0 Å². The van der Waals surface area contributed by atoms with E-state index in [0.717, 1.165) is 11.3 Å². The molecule has 3 heteroatoms. The topological polar surface area (TPSA) is 56.0 Å². The maximum absolute atomic E-state index is 11.3. The lowest BCUT2D eigenvalue weighted by Crippen LogP contribution is -2.16. The molecular weight excluding hydrogens is 212 g/mol. The zero-order chi connectivity index (χ0) is 12.3. The molecule has 0 aliphatic heterocycles. The van der Waals surface area contributed by atoms with E-state index in [1.165, 1.54) is 0 Å². The van der Waals surface area contributed by atoms with Crippen molar-refractivity contribution in [2.24, 2.45) is 5.73 Å². The lowest BCUT2D eigenvalue weighted by molar-refractivity contribution is 0.0998. The molecule has 2 rings (SSSR count). The minimum Gasteiger partial charge on any atom is -0.366 e.